The van der Waals surface area contributed by atoms with Crippen molar-refractivity contribution in [3.05, 3.63) is 10.6 Å². The molecule has 0 aromatic heterocycles. The highest BCUT2D eigenvalue weighted by Crippen LogP contribution is 2.51. The number of aliphatic hydroxyl groups is 1. The Labute approximate surface area is 186 Å². The molecule has 0 aliphatic carbocycles. The van der Waals surface area contributed by atoms with Crippen LogP contribution in [-0.4, -0.2) is 101 Å². The standard InChI is InChI=1S/C19H30N4O6S2/c1-10-15-14(11(2)24)18(25)23(15)16(19(26)27)17(10)30-13-7-12(20-8-13)9-22-6-4-5-21(3)31(22,28)29/h10-15,20,24H,4-9H2,1-3H3,(H,26,27)/t10-,11-,12-,13-,14?,15?/m0/s1. The van der Waals surface area contributed by atoms with E-state index < -0.39 is 28.2 Å². The van der Waals surface area contributed by atoms with Crippen molar-refractivity contribution in [3.63, 3.8) is 0 Å². The quantitative estimate of drug-likeness (QED) is 0.439. The van der Waals surface area contributed by atoms with Crippen molar-refractivity contribution in [1.29, 1.82) is 0 Å². The van der Waals surface area contributed by atoms with E-state index in [9.17, 15) is 28.2 Å². The molecule has 1 amide bonds. The number of carbonyl (C=O) groups is 2. The largest absolute Gasteiger partial charge is 0.477 e. The van der Waals surface area contributed by atoms with Gasteiger partial charge in [-0.2, -0.15) is 17.0 Å². The van der Waals surface area contributed by atoms with E-state index in [0.29, 0.717) is 37.5 Å². The summed E-state index contributed by atoms with van der Waals surface area (Å²) in [5, 5.41) is 23.2. The predicted molar refractivity (Wildman–Crippen MR) is 115 cm³/mol. The summed E-state index contributed by atoms with van der Waals surface area (Å²) in [6.07, 6.45) is 0.683. The molecule has 4 heterocycles. The highest BCUT2D eigenvalue weighted by atomic mass is 32.2. The van der Waals surface area contributed by atoms with Crippen molar-refractivity contribution in [2.45, 2.75) is 50.1 Å². The summed E-state index contributed by atoms with van der Waals surface area (Å²) >= 11 is 1.47. The summed E-state index contributed by atoms with van der Waals surface area (Å²) in [5.74, 6) is -2.19. The number of fused-ring (bicyclic) bond motifs is 1. The molecule has 0 aromatic rings. The topological polar surface area (TPSA) is 130 Å². The number of carboxylic acid groups (broad SMARTS) is 1. The van der Waals surface area contributed by atoms with E-state index in [2.05, 4.69) is 5.32 Å². The first-order valence-electron chi connectivity index (χ1n) is 10.6. The summed E-state index contributed by atoms with van der Waals surface area (Å²) in [4.78, 5) is 26.4. The fourth-order valence-electron chi connectivity index (χ4n) is 5.20. The molecule has 4 aliphatic rings. The maximum absolute atomic E-state index is 12.5. The molecule has 4 aliphatic heterocycles. The Hall–Kier alpha value is -1.18. The average molecular weight is 475 g/mol. The summed E-state index contributed by atoms with van der Waals surface area (Å²) in [5.41, 5.74) is 0.0353. The highest BCUT2D eigenvalue weighted by Gasteiger charge is 2.60. The number of hydrogen-bond donors (Lipinski definition) is 3. The number of nitrogens with zero attached hydrogens (tertiary/aromatic N) is 3. The Morgan fingerprint density at radius 2 is 2.06 bits per heavy atom. The maximum atomic E-state index is 12.5. The van der Waals surface area contributed by atoms with Gasteiger partial charge in [0.1, 0.15) is 5.70 Å². The second kappa shape index (κ2) is 8.31. The van der Waals surface area contributed by atoms with Gasteiger partial charge in [-0.15, -0.1) is 11.8 Å². The van der Waals surface area contributed by atoms with Gasteiger partial charge in [0.2, 0.25) is 5.91 Å². The summed E-state index contributed by atoms with van der Waals surface area (Å²) in [6, 6.07) is -0.325. The first kappa shape index (κ1) is 23.0. The molecule has 12 heteroatoms. The van der Waals surface area contributed by atoms with E-state index in [-0.39, 0.29) is 34.9 Å². The van der Waals surface area contributed by atoms with Gasteiger partial charge in [-0.1, -0.05) is 6.92 Å². The second-order valence-electron chi connectivity index (χ2n) is 8.89. The van der Waals surface area contributed by atoms with Crippen LogP contribution in [0.15, 0.2) is 10.6 Å². The monoisotopic (exact) mass is 474 g/mol. The molecule has 0 radical (unpaired) electrons. The summed E-state index contributed by atoms with van der Waals surface area (Å²) in [6.45, 7) is 5.54. The van der Waals surface area contributed by atoms with Crippen LogP contribution >= 0.6 is 11.8 Å². The van der Waals surface area contributed by atoms with E-state index in [1.807, 2.05) is 6.92 Å². The van der Waals surface area contributed by atoms with Gasteiger partial charge in [-0.05, 0) is 19.8 Å². The number of nitrogens with one attached hydrogen (secondary N) is 1. The third kappa shape index (κ3) is 3.80. The van der Waals surface area contributed by atoms with E-state index in [1.54, 1.807) is 14.0 Å². The minimum Gasteiger partial charge on any atom is -0.477 e. The number of rotatable bonds is 6. The van der Waals surface area contributed by atoms with Crippen LogP contribution in [0.4, 0.5) is 0 Å². The van der Waals surface area contributed by atoms with E-state index in [0.717, 1.165) is 6.42 Å². The highest BCUT2D eigenvalue weighted by molar-refractivity contribution is 8.03. The zero-order valence-electron chi connectivity index (χ0n) is 17.9. The second-order valence-corrected chi connectivity index (χ2v) is 12.3. The minimum atomic E-state index is -3.42. The van der Waals surface area contributed by atoms with Gasteiger partial charge in [-0.25, -0.2) is 4.79 Å². The lowest BCUT2D eigenvalue weighted by Gasteiger charge is -2.46. The van der Waals surface area contributed by atoms with E-state index in [4.69, 9.17) is 0 Å². The van der Waals surface area contributed by atoms with Crippen molar-refractivity contribution in [3.8, 4) is 0 Å². The zero-order valence-corrected chi connectivity index (χ0v) is 19.5. The third-order valence-corrected chi connectivity index (χ3v) is 10.3. The molecule has 3 saturated heterocycles. The van der Waals surface area contributed by atoms with Crippen LogP contribution in [0.5, 0.6) is 0 Å². The van der Waals surface area contributed by atoms with Gasteiger partial charge in [0.05, 0.1) is 18.1 Å². The SMILES string of the molecule is C[C@H](O)C1C(=O)N2C(C(=O)O)=C(S[C@@H]3CN[C@H](CN4CCCN(C)S4(=O)=O)C3)[C@@H](C)C12. The molecular weight excluding hydrogens is 444 g/mol. The van der Waals surface area contributed by atoms with E-state index in [1.165, 1.54) is 25.3 Å². The van der Waals surface area contributed by atoms with Gasteiger partial charge in [0.25, 0.3) is 10.2 Å². The van der Waals surface area contributed by atoms with E-state index >= 15 is 0 Å². The fraction of sp³-hybridized carbons (Fsp3) is 0.789. The first-order valence-corrected chi connectivity index (χ1v) is 12.9. The summed E-state index contributed by atoms with van der Waals surface area (Å²) < 4.78 is 27.9. The van der Waals surface area contributed by atoms with Gasteiger partial charge < -0.3 is 20.4 Å². The molecule has 3 fully saturated rings. The van der Waals surface area contributed by atoms with Crippen LogP contribution in [-0.2, 0) is 19.8 Å². The van der Waals surface area contributed by atoms with Crippen molar-refractivity contribution < 1.29 is 28.2 Å². The zero-order chi connectivity index (χ0) is 22.7. The van der Waals surface area contributed by atoms with Crippen LogP contribution in [0, 0.1) is 11.8 Å². The van der Waals surface area contributed by atoms with Crippen LogP contribution in [0.25, 0.3) is 0 Å². The molecule has 3 N–H and O–H groups in total. The smallest absolute Gasteiger partial charge is 0.353 e. The van der Waals surface area contributed by atoms with Crippen LogP contribution in [0.1, 0.15) is 26.7 Å². The lowest BCUT2D eigenvalue weighted by molar-refractivity contribution is -0.163. The Balaban J connectivity index is 1.44. The molecule has 2 unspecified atom stereocenters. The van der Waals surface area contributed by atoms with Crippen LogP contribution in [0.3, 0.4) is 0 Å². The van der Waals surface area contributed by atoms with Gasteiger partial charge in [-0.3, -0.25) is 4.79 Å². The number of carboxylic acids is 1. The molecule has 4 rings (SSSR count). The van der Waals surface area contributed by atoms with Crippen LogP contribution in [0.2, 0.25) is 0 Å². The molecule has 174 valence electrons. The number of aliphatic carboxylic acids is 1. The molecule has 0 bridgehead atoms. The molecule has 31 heavy (non-hydrogen) atoms. The number of thioether (sulfide) groups is 1. The summed E-state index contributed by atoms with van der Waals surface area (Å²) in [7, 11) is -1.83. The molecule has 10 nitrogen and oxygen atoms in total. The predicted octanol–water partition coefficient (Wildman–Crippen LogP) is -0.514. The average Bonchev–Trinajstić information content (AvgIpc) is 3.21. The molecule has 0 spiro atoms. The molecule has 0 saturated carbocycles. The van der Waals surface area contributed by atoms with Crippen molar-refractivity contribution in [2.75, 3.05) is 33.2 Å². The number of aliphatic hydroxyl groups excluding tert-OH is 1. The van der Waals surface area contributed by atoms with Gasteiger partial charge in [0.15, 0.2) is 0 Å². The first-order chi connectivity index (χ1) is 14.5. The minimum absolute atomic E-state index is 0.00626. The van der Waals surface area contributed by atoms with Crippen LogP contribution < -0.4 is 5.32 Å². The number of amides is 1. The molecule has 6 atom stereocenters. The lowest BCUT2D eigenvalue weighted by atomic mass is 9.79. The van der Waals surface area contributed by atoms with Crippen molar-refractivity contribution in [2.24, 2.45) is 11.8 Å². The van der Waals surface area contributed by atoms with Gasteiger partial charge >= 0.3 is 5.97 Å². The Bertz CT molecular complexity index is 907. The van der Waals surface area contributed by atoms with Gasteiger partial charge in [0, 0.05) is 55.3 Å². The Kier molecular flexibility index (Phi) is 6.16. The van der Waals surface area contributed by atoms with Crippen molar-refractivity contribution in [1.82, 2.24) is 18.8 Å². The number of hydrogen-bond acceptors (Lipinski definition) is 7. The number of carbonyl (C=O) groups excluding carboxylic acids is 1. The maximum Gasteiger partial charge on any atom is 0.353 e. The normalized spacial score (nSPS) is 37.1. The Morgan fingerprint density at radius 1 is 1.35 bits per heavy atom. The third-order valence-electron chi connectivity index (χ3n) is 6.81. The molecule has 0 aromatic carbocycles. The Morgan fingerprint density at radius 3 is 2.71 bits per heavy atom. The lowest BCUT2D eigenvalue weighted by Crippen LogP contribution is -2.63. The fourth-order valence-corrected chi connectivity index (χ4v) is 8.20. The molecular formula is C19H30N4O6S2. The van der Waals surface area contributed by atoms with Crippen molar-refractivity contribution >= 4 is 33.8 Å². The number of β-lactam (4-membered cyclic amide) rings is 1.